The lowest BCUT2D eigenvalue weighted by Gasteiger charge is -2.20. The molecule has 0 aliphatic carbocycles. The van der Waals surface area contributed by atoms with Crippen molar-refractivity contribution in [3.8, 4) is 0 Å². The summed E-state index contributed by atoms with van der Waals surface area (Å²) in [7, 11) is 0. The van der Waals surface area contributed by atoms with Gasteiger partial charge in [0.15, 0.2) is 16.1 Å². The third-order valence-corrected chi connectivity index (χ3v) is 5.08. The van der Waals surface area contributed by atoms with E-state index in [1.54, 1.807) is 13.0 Å². The number of nitrogens with zero attached hydrogens (tertiary/aromatic N) is 1. The van der Waals surface area contributed by atoms with Gasteiger partial charge in [0.2, 0.25) is 0 Å². The fraction of sp³-hybridized carbons (Fsp3) is 0.562. The number of carbonyl (C=O) groups is 2. The van der Waals surface area contributed by atoms with Crippen molar-refractivity contribution in [1.29, 1.82) is 0 Å². The van der Waals surface area contributed by atoms with Crippen LogP contribution in [0.15, 0.2) is 18.0 Å². The normalized spacial score (nSPS) is 32.0. The number of ether oxygens (including phenoxy) is 2. The maximum Gasteiger partial charge on any atom is 0.324 e. The van der Waals surface area contributed by atoms with Gasteiger partial charge in [-0.15, -0.1) is 17.9 Å². The molecule has 2 aliphatic heterocycles. The first kappa shape index (κ1) is 16.0. The van der Waals surface area contributed by atoms with E-state index in [9.17, 15) is 9.59 Å². The van der Waals surface area contributed by atoms with Crippen molar-refractivity contribution in [2.75, 3.05) is 11.9 Å². The second-order valence-corrected chi connectivity index (χ2v) is 7.77. The summed E-state index contributed by atoms with van der Waals surface area (Å²) >= 11 is 1.43. The molecule has 0 unspecified atom stereocenters. The fourth-order valence-electron chi connectivity index (χ4n) is 3.36. The molecule has 2 saturated heterocycles. The third kappa shape index (κ3) is 2.52. The van der Waals surface area contributed by atoms with Crippen LogP contribution in [0.2, 0.25) is 0 Å². The molecule has 0 radical (unpaired) electrons. The highest BCUT2D eigenvalue weighted by Crippen LogP contribution is 2.54. The largest absolute Gasteiger partial charge is 0.459 e. The van der Waals surface area contributed by atoms with Crippen LogP contribution in [0.1, 0.15) is 39.3 Å². The van der Waals surface area contributed by atoms with Gasteiger partial charge in [0, 0.05) is 24.8 Å². The minimum absolute atomic E-state index is 0.256. The average Bonchev–Trinajstić information content (AvgIpc) is 3.06. The molecule has 0 saturated carbocycles. The lowest BCUT2D eigenvalue weighted by molar-refractivity contribution is -0.161. The van der Waals surface area contributed by atoms with E-state index in [2.05, 4.69) is 16.9 Å². The summed E-state index contributed by atoms with van der Waals surface area (Å²) in [6.07, 6.45) is 2.33. The molecule has 0 bridgehead atoms. The van der Waals surface area contributed by atoms with E-state index in [0.29, 0.717) is 18.7 Å². The van der Waals surface area contributed by atoms with Crippen LogP contribution in [0.4, 0.5) is 5.13 Å². The summed E-state index contributed by atoms with van der Waals surface area (Å²) in [5, 5.41) is 5.69. The molecule has 0 amide bonds. The zero-order valence-corrected chi connectivity index (χ0v) is 14.3. The number of cyclic esters (lactones) is 2. The molecule has 2 fully saturated rings. The molecule has 2 atom stereocenters. The maximum atomic E-state index is 12.5. The summed E-state index contributed by atoms with van der Waals surface area (Å²) < 4.78 is 11.0. The van der Waals surface area contributed by atoms with E-state index in [1.807, 2.05) is 19.2 Å². The fourth-order valence-corrected chi connectivity index (χ4v) is 4.20. The van der Waals surface area contributed by atoms with Crippen molar-refractivity contribution in [3.05, 3.63) is 23.7 Å². The molecule has 23 heavy (non-hydrogen) atoms. The first-order chi connectivity index (χ1) is 10.7. The predicted molar refractivity (Wildman–Crippen MR) is 86.1 cm³/mol. The van der Waals surface area contributed by atoms with E-state index in [0.717, 1.165) is 5.13 Å². The van der Waals surface area contributed by atoms with Gasteiger partial charge in [-0.3, -0.25) is 9.59 Å². The zero-order valence-electron chi connectivity index (χ0n) is 13.5. The second-order valence-electron chi connectivity index (χ2n) is 6.91. The Morgan fingerprint density at radius 3 is 2.61 bits per heavy atom. The van der Waals surface area contributed by atoms with E-state index >= 15 is 0 Å². The lowest BCUT2D eigenvalue weighted by Crippen LogP contribution is -2.32. The predicted octanol–water partition coefficient (Wildman–Crippen LogP) is 2.62. The molecule has 124 valence electrons. The summed E-state index contributed by atoms with van der Waals surface area (Å²) in [5.74, 6) is -0.999. The number of esters is 2. The van der Waals surface area contributed by atoms with Crippen LogP contribution in [-0.2, 0) is 24.7 Å². The van der Waals surface area contributed by atoms with Gasteiger partial charge in [-0.1, -0.05) is 6.08 Å². The molecule has 1 aromatic rings. The van der Waals surface area contributed by atoms with E-state index < -0.39 is 28.6 Å². The van der Waals surface area contributed by atoms with Crippen LogP contribution < -0.4 is 5.32 Å². The Hall–Kier alpha value is -1.89. The highest BCUT2D eigenvalue weighted by molar-refractivity contribution is 7.13. The Morgan fingerprint density at radius 1 is 1.30 bits per heavy atom. The number of thiazole rings is 1. The van der Waals surface area contributed by atoms with Crippen LogP contribution in [0.3, 0.4) is 0 Å². The van der Waals surface area contributed by atoms with Crippen LogP contribution in [-0.4, -0.2) is 29.1 Å². The summed E-state index contributed by atoms with van der Waals surface area (Å²) in [6, 6.07) is 0. The molecule has 3 heterocycles. The Balaban J connectivity index is 1.87. The SMILES string of the molecule is C=CCNc1nc([C@@]2(C)C[C@@]3(CC(C)(C)OC3=O)C(=O)O2)cs1. The van der Waals surface area contributed by atoms with Gasteiger partial charge >= 0.3 is 11.9 Å². The Kier molecular flexibility index (Phi) is 3.51. The van der Waals surface area contributed by atoms with Gasteiger partial charge in [0.1, 0.15) is 5.60 Å². The third-order valence-electron chi connectivity index (χ3n) is 4.28. The molecule has 1 aromatic heterocycles. The smallest absolute Gasteiger partial charge is 0.324 e. The van der Waals surface area contributed by atoms with Crippen molar-refractivity contribution in [1.82, 2.24) is 4.98 Å². The van der Waals surface area contributed by atoms with Crippen LogP contribution in [0.25, 0.3) is 0 Å². The highest BCUT2D eigenvalue weighted by atomic mass is 32.1. The van der Waals surface area contributed by atoms with Crippen LogP contribution >= 0.6 is 11.3 Å². The molecular weight excluding hydrogens is 316 g/mol. The van der Waals surface area contributed by atoms with Crippen LogP contribution in [0, 0.1) is 5.41 Å². The maximum absolute atomic E-state index is 12.5. The Morgan fingerprint density at radius 2 is 2.00 bits per heavy atom. The number of hydrogen-bond donors (Lipinski definition) is 1. The lowest BCUT2D eigenvalue weighted by atomic mass is 9.75. The molecule has 6 nitrogen and oxygen atoms in total. The molecule has 1 spiro atoms. The van der Waals surface area contributed by atoms with E-state index in [-0.39, 0.29) is 6.42 Å². The zero-order chi connectivity index (χ0) is 16.9. The number of aromatic nitrogens is 1. The number of rotatable bonds is 4. The number of anilines is 1. The molecule has 2 aliphatic rings. The Bertz CT molecular complexity index is 683. The van der Waals surface area contributed by atoms with E-state index in [4.69, 9.17) is 9.47 Å². The molecule has 0 aromatic carbocycles. The molecule has 1 N–H and O–H groups in total. The minimum atomic E-state index is -1.21. The molecular formula is C16H20N2O4S. The number of carbonyl (C=O) groups excluding carboxylic acids is 2. The van der Waals surface area contributed by atoms with Gasteiger partial charge in [-0.05, 0) is 20.8 Å². The van der Waals surface area contributed by atoms with Gasteiger partial charge < -0.3 is 14.8 Å². The van der Waals surface area contributed by atoms with Crippen LogP contribution in [0.5, 0.6) is 0 Å². The van der Waals surface area contributed by atoms with Crippen molar-refractivity contribution in [3.63, 3.8) is 0 Å². The summed E-state index contributed by atoms with van der Waals surface area (Å²) in [5.41, 5.74) is -2.13. The van der Waals surface area contributed by atoms with Crippen molar-refractivity contribution >= 4 is 28.4 Å². The second kappa shape index (κ2) is 5.06. The van der Waals surface area contributed by atoms with Gasteiger partial charge in [-0.2, -0.15) is 0 Å². The standard InChI is InChI=1S/C16H20N2O4S/c1-5-6-17-13-18-10(7-23-13)15(4)9-16(12(20)22-15)8-14(2,3)21-11(16)19/h5,7H,1,6,8-9H2,2-4H3,(H,17,18)/t15-,16-/m1/s1. The van der Waals surface area contributed by atoms with Gasteiger partial charge in [-0.25, -0.2) is 4.98 Å². The Labute approximate surface area is 138 Å². The number of hydrogen-bond acceptors (Lipinski definition) is 7. The van der Waals surface area contributed by atoms with Crippen molar-refractivity contribution in [2.24, 2.45) is 5.41 Å². The molecule has 3 rings (SSSR count). The quantitative estimate of drug-likeness (QED) is 0.517. The van der Waals surface area contributed by atoms with Crippen molar-refractivity contribution in [2.45, 2.75) is 44.8 Å². The first-order valence-electron chi connectivity index (χ1n) is 7.48. The highest BCUT2D eigenvalue weighted by Gasteiger charge is 2.67. The van der Waals surface area contributed by atoms with Gasteiger partial charge in [0.05, 0.1) is 5.69 Å². The van der Waals surface area contributed by atoms with Gasteiger partial charge in [0.25, 0.3) is 0 Å². The monoisotopic (exact) mass is 336 g/mol. The topological polar surface area (TPSA) is 77.5 Å². The van der Waals surface area contributed by atoms with E-state index in [1.165, 1.54) is 11.3 Å². The summed E-state index contributed by atoms with van der Waals surface area (Å²) in [6.45, 7) is 9.67. The first-order valence-corrected chi connectivity index (χ1v) is 8.36. The summed E-state index contributed by atoms with van der Waals surface area (Å²) in [4.78, 5) is 29.3. The van der Waals surface area contributed by atoms with Crippen molar-refractivity contribution < 1.29 is 19.1 Å². The molecule has 7 heteroatoms. The minimum Gasteiger partial charge on any atom is -0.459 e. The number of nitrogens with one attached hydrogen (secondary N) is 1. The average molecular weight is 336 g/mol.